The third-order valence-electron chi connectivity index (χ3n) is 2.71. The number of rotatable bonds is 2. The summed E-state index contributed by atoms with van der Waals surface area (Å²) >= 11 is 0. The Bertz CT molecular complexity index is 433. The normalized spacial score (nSPS) is 22.9. The molecule has 2 atom stereocenters. The summed E-state index contributed by atoms with van der Waals surface area (Å²) in [5, 5.41) is 11.5. The molecule has 0 bridgehead atoms. The second kappa shape index (κ2) is 3.74. The van der Waals surface area contributed by atoms with Crippen molar-refractivity contribution in [3.05, 3.63) is 29.8 Å². The highest BCUT2D eigenvalue weighted by Crippen LogP contribution is 2.38. The third kappa shape index (κ3) is 2.16. The van der Waals surface area contributed by atoms with Crippen molar-refractivity contribution in [1.29, 1.82) is 5.26 Å². The molecule has 0 aromatic heterocycles. The molecule has 2 rings (SSSR count). The van der Waals surface area contributed by atoms with Gasteiger partial charge in [0, 0.05) is 11.6 Å². The van der Waals surface area contributed by atoms with E-state index in [2.05, 4.69) is 12.2 Å². The summed E-state index contributed by atoms with van der Waals surface area (Å²) in [5.41, 5.74) is 1.27. The van der Waals surface area contributed by atoms with Crippen LogP contribution in [0.5, 0.6) is 0 Å². The predicted molar refractivity (Wildman–Crippen MR) is 57.1 cm³/mol. The molecule has 0 unspecified atom stereocenters. The van der Waals surface area contributed by atoms with Gasteiger partial charge in [-0.1, -0.05) is 13.0 Å². The van der Waals surface area contributed by atoms with Gasteiger partial charge >= 0.3 is 0 Å². The Morgan fingerprint density at radius 1 is 1.60 bits per heavy atom. The van der Waals surface area contributed by atoms with Crippen LogP contribution in [0.25, 0.3) is 0 Å². The van der Waals surface area contributed by atoms with Gasteiger partial charge in [0.2, 0.25) is 5.91 Å². The monoisotopic (exact) mass is 200 g/mol. The average molecular weight is 200 g/mol. The Hall–Kier alpha value is -1.82. The molecule has 1 saturated carbocycles. The Morgan fingerprint density at radius 2 is 2.33 bits per heavy atom. The van der Waals surface area contributed by atoms with Crippen molar-refractivity contribution in [3.63, 3.8) is 0 Å². The van der Waals surface area contributed by atoms with E-state index in [4.69, 9.17) is 5.26 Å². The summed E-state index contributed by atoms with van der Waals surface area (Å²) in [5.74, 6) is 0.734. The summed E-state index contributed by atoms with van der Waals surface area (Å²) in [7, 11) is 0. The van der Waals surface area contributed by atoms with Gasteiger partial charge in [0.05, 0.1) is 11.6 Å². The van der Waals surface area contributed by atoms with E-state index in [1.807, 2.05) is 6.07 Å². The summed E-state index contributed by atoms with van der Waals surface area (Å²) in [6, 6.07) is 9.01. The average Bonchev–Trinajstić information content (AvgIpc) is 2.96. The molecule has 1 aromatic carbocycles. The number of amides is 1. The van der Waals surface area contributed by atoms with Crippen LogP contribution in [0, 0.1) is 23.2 Å². The molecule has 1 aliphatic carbocycles. The summed E-state index contributed by atoms with van der Waals surface area (Å²) in [6.07, 6.45) is 0.976. The number of hydrogen-bond donors (Lipinski definition) is 1. The lowest BCUT2D eigenvalue weighted by molar-refractivity contribution is -0.117. The van der Waals surface area contributed by atoms with Crippen LogP contribution >= 0.6 is 0 Å². The van der Waals surface area contributed by atoms with Crippen LogP contribution in [-0.2, 0) is 4.79 Å². The SMILES string of the molecule is C[C@@H]1C[C@@H]1C(=O)Nc1cccc(C#N)c1. The van der Waals surface area contributed by atoms with E-state index < -0.39 is 0 Å². The Balaban J connectivity index is 2.05. The van der Waals surface area contributed by atoms with Crippen molar-refractivity contribution >= 4 is 11.6 Å². The predicted octanol–water partition coefficient (Wildman–Crippen LogP) is 2.15. The largest absolute Gasteiger partial charge is 0.326 e. The number of benzene rings is 1. The first-order valence-corrected chi connectivity index (χ1v) is 5.01. The van der Waals surface area contributed by atoms with Crippen molar-refractivity contribution in [2.75, 3.05) is 5.32 Å². The minimum Gasteiger partial charge on any atom is -0.326 e. The number of carbonyl (C=O) groups excluding carboxylic acids is 1. The fourth-order valence-electron chi connectivity index (χ4n) is 1.59. The number of nitrogens with one attached hydrogen (secondary N) is 1. The van der Waals surface area contributed by atoms with Crippen molar-refractivity contribution < 1.29 is 4.79 Å². The number of anilines is 1. The van der Waals surface area contributed by atoms with E-state index in [0.717, 1.165) is 6.42 Å². The van der Waals surface area contributed by atoms with E-state index in [9.17, 15) is 4.79 Å². The van der Waals surface area contributed by atoms with Crippen LogP contribution in [-0.4, -0.2) is 5.91 Å². The molecule has 0 radical (unpaired) electrons. The molecule has 1 N–H and O–H groups in total. The maximum atomic E-state index is 11.6. The molecule has 1 fully saturated rings. The number of hydrogen-bond acceptors (Lipinski definition) is 2. The van der Waals surface area contributed by atoms with Gasteiger partial charge in [0.15, 0.2) is 0 Å². The number of carbonyl (C=O) groups is 1. The van der Waals surface area contributed by atoms with E-state index in [1.165, 1.54) is 0 Å². The van der Waals surface area contributed by atoms with Gasteiger partial charge in [-0.2, -0.15) is 5.26 Å². The Morgan fingerprint density at radius 3 is 2.93 bits per heavy atom. The van der Waals surface area contributed by atoms with Gasteiger partial charge < -0.3 is 5.32 Å². The fourth-order valence-corrected chi connectivity index (χ4v) is 1.59. The molecular formula is C12H12N2O. The maximum absolute atomic E-state index is 11.6. The highest BCUT2D eigenvalue weighted by atomic mass is 16.2. The Labute approximate surface area is 88.7 Å². The van der Waals surface area contributed by atoms with E-state index >= 15 is 0 Å². The fraction of sp³-hybridized carbons (Fsp3) is 0.333. The van der Waals surface area contributed by atoms with E-state index in [0.29, 0.717) is 17.2 Å². The summed E-state index contributed by atoms with van der Waals surface area (Å²) in [4.78, 5) is 11.6. The molecular weight excluding hydrogens is 188 g/mol. The minimum absolute atomic E-state index is 0.0672. The molecule has 1 aromatic rings. The molecule has 1 amide bonds. The molecule has 0 heterocycles. The first kappa shape index (κ1) is 9.72. The van der Waals surface area contributed by atoms with Gasteiger partial charge in [-0.3, -0.25) is 4.79 Å². The van der Waals surface area contributed by atoms with Gasteiger partial charge in [-0.05, 0) is 30.5 Å². The van der Waals surface area contributed by atoms with Gasteiger partial charge in [-0.25, -0.2) is 0 Å². The van der Waals surface area contributed by atoms with Crippen molar-refractivity contribution in [2.45, 2.75) is 13.3 Å². The molecule has 0 aliphatic heterocycles. The van der Waals surface area contributed by atoms with Gasteiger partial charge in [-0.15, -0.1) is 0 Å². The van der Waals surface area contributed by atoms with Crippen LogP contribution in [0.3, 0.4) is 0 Å². The van der Waals surface area contributed by atoms with Crippen LogP contribution in [0.1, 0.15) is 18.9 Å². The standard InChI is InChI=1S/C12H12N2O/c1-8-5-11(8)12(15)14-10-4-2-3-9(6-10)7-13/h2-4,6,8,11H,5H2,1H3,(H,14,15)/t8-,11+/m1/s1. The highest BCUT2D eigenvalue weighted by molar-refractivity contribution is 5.94. The lowest BCUT2D eigenvalue weighted by Gasteiger charge is -2.03. The zero-order valence-electron chi connectivity index (χ0n) is 8.53. The zero-order valence-corrected chi connectivity index (χ0v) is 8.53. The summed E-state index contributed by atoms with van der Waals surface area (Å²) < 4.78 is 0. The second-order valence-corrected chi connectivity index (χ2v) is 4.00. The Kier molecular flexibility index (Phi) is 2.42. The highest BCUT2D eigenvalue weighted by Gasteiger charge is 2.38. The van der Waals surface area contributed by atoms with Crippen molar-refractivity contribution in [2.24, 2.45) is 11.8 Å². The smallest absolute Gasteiger partial charge is 0.227 e. The lowest BCUT2D eigenvalue weighted by Crippen LogP contribution is -2.14. The maximum Gasteiger partial charge on any atom is 0.227 e. The van der Waals surface area contributed by atoms with Crippen LogP contribution < -0.4 is 5.32 Å². The molecule has 1 aliphatic rings. The van der Waals surface area contributed by atoms with Crippen LogP contribution in [0.15, 0.2) is 24.3 Å². The first-order valence-electron chi connectivity index (χ1n) is 5.01. The van der Waals surface area contributed by atoms with E-state index in [1.54, 1.807) is 24.3 Å². The molecule has 3 nitrogen and oxygen atoms in total. The van der Waals surface area contributed by atoms with Crippen molar-refractivity contribution in [1.82, 2.24) is 0 Å². The van der Waals surface area contributed by atoms with E-state index in [-0.39, 0.29) is 11.8 Å². The van der Waals surface area contributed by atoms with Crippen molar-refractivity contribution in [3.8, 4) is 6.07 Å². The van der Waals surface area contributed by atoms with Gasteiger partial charge in [0.1, 0.15) is 0 Å². The molecule has 0 saturated heterocycles. The van der Waals surface area contributed by atoms with Crippen LogP contribution in [0.4, 0.5) is 5.69 Å². The number of nitrogens with zero attached hydrogens (tertiary/aromatic N) is 1. The molecule has 15 heavy (non-hydrogen) atoms. The van der Waals surface area contributed by atoms with Gasteiger partial charge in [0.25, 0.3) is 0 Å². The quantitative estimate of drug-likeness (QED) is 0.795. The summed E-state index contributed by atoms with van der Waals surface area (Å²) in [6.45, 7) is 2.07. The topological polar surface area (TPSA) is 52.9 Å². The lowest BCUT2D eigenvalue weighted by atomic mass is 10.2. The minimum atomic E-state index is 0.0672. The molecule has 3 heteroatoms. The zero-order chi connectivity index (χ0) is 10.8. The molecule has 0 spiro atoms. The first-order chi connectivity index (χ1) is 7.20. The molecule has 76 valence electrons. The number of nitriles is 1. The second-order valence-electron chi connectivity index (χ2n) is 4.00. The third-order valence-corrected chi connectivity index (χ3v) is 2.71. The van der Waals surface area contributed by atoms with Crippen LogP contribution in [0.2, 0.25) is 0 Å².